The first kappa shape index (κ1) is 25.8. The van der Waals surface area contributed by atoms with Gasteiger partial charge in [-0.15, -0.1) is 0 Å². The van der Waals surface area contributed by atoms with Crippen molar-refractivity contribution in [3.8, 4) is 0 Å². The van der Waals surface area contributed by atoms with Crippen LogP contribution < -0.4 is 0 Å². The van der Waals surface area contributed by atoms with Gasteiger partial charge in [0.2, 0.25) is 11.6 Å². The highest BCUT2D eigenvalue weighted by Crippen LogP contribution is 2.29. The minimum atomic E-state index is -2.89. The van der Waals surface area contributed by atoms with Gasteiger partial charge in [0.05, 0.1) is 0 Å². The molecule has 168 valence electrons. The van der Waals surface area contributed by atoms with Gasteiger partial charge in [0, 0.05) is 6.42 Å². The van der Waals surface area contributed by atoms with Crippen molar-refractivity contribution in [1.29, 1.82) is 0 Å². The molecule has 1 aliphatic rings. The molecule has 0 saturated heterocycles. The van der Waals surface area contributed by atoms with Gasteiger partial charge in [-0.1, -0.05) is 109 Å². The van der Waals surface area contributed by atoms with E-state index in [0.29, 0.717) is 12.8 Å². The molecular weight excluding hydrogens is 356 g/mol. The Morgan fingerprint density at radius 3 is 1.07 bits per heavy atom. The number of rotatable bonds is 0. The normalized spacial score (nSPS) is 28.4. The average molecular weight is 403 g/mol. The summed E-state index contributed by atoms with van der Waals surface area (Å²) >= 11 is 0. The molecule has 5 nitrogen and oxygen atoms in total. The van der Waals surface area contributed by atoms with Gasteiger partial charge in [-0.25, -0.2) is 0 Å². The second-order valence-corrected chi connectivity index (χ2v) is 8.96. The summed E-state index contributed by atoms with van der Waals surface area (Å²) in [6, 6.07) is 0. The van der Waals surface area contributed by atoms with Crippen molar-refractivity contribution >= 4 is 0 Å². The van der Waals surface area contributed by atoms with Crippen LogP contribution in [0.4, 0.5) is 0 Å². The molecule has 0 amide bonds. The van der Waals surface area contributed by atoms with Gasteiger partial charge in [-0.3, -0.25) is 0 Å². The van der Waals surface area contributed by atoms with Crippen LogP contribution in [0.5, 0.6) is 0 Å². The fourth-order valence-corrected chi connectivity index (χ4v) is 4.19. The molecule has 0 aromatic rings. The lowest BCUT2D eigenvalue weighted by molar-refractivity contribution is -0.386. The zero-order valence-electron chi connectivity index (χ0n) is 18.0. The first-order valence-corrected chi connectivity index (χ1v) is 12.0. The van der Waals surface area contributed by atoms with E-state index in [1.165, 1.54) is 70.6 Å². The lowest BCUT2D eigenvalue weighted by Crippen LogP contribution is -2.61. The van der Waals surface area contributed by atoms with E-state index in [0.717, 1.165) is 32.1 Å². The molecule has 0 heterocycles. The van der Waals surface area contributed by atoms with Crippen molar-refractivity contribution in [2.24, 2.45) is 0 Å². The SMILES string of the molecule is OC1CCCCCCCCCCCCCCCCCCCCC(O)(O)C1(O)O. The van der Waals surface area contributed by atoms with Crippen LogP contribution in [0.2, 0.25) is 0 Å². The quantitative estimate of drug-likeness (QED) is 0.383. The van der Waals surface area contributed by atoms with Crippen molar-refractivity contribution in [1.82, 2.24) is 0 Å². The highest BCUT2D eigenvalue weighted by atomic mass is 16.6. The van der Waals surface area contributed by atoms with Gasteiger partial charge >= 0.3 is 0 Å². The monoisotopic (exact) mass is 402 g/mol. The molecule has 0 aliphatic heterocycles. The van der Waals surface area contributed by atoms with E-state index >= 15 is 0 Å². The van der Waals surface area contributed by atoms with Crippen LogP contribution in [-0.2, 0) is 0 Å². The van der Waals surface area contributed by atoms with E-state index in [1.807, 2.05) is 0 Å². The van der Waals surface area contributed by atoms with E-state index in [1.54, 1.807) is 0 Å². The Kier molecular flexibility index (Phi) is 13.6. The van der Waals surface area contributed by atoms with Gasteiger partial charge in [-0.05, 0) is 12.8 Å². The van der Waals surface area contributed by atoms with Crippen molar-refractivity contribution in [2.45, 2.75) is 146 Å². The molecule has 28 heavy (non-hydrogen) atoms. The number of hydrogen-bond acceptors (Lipinski definition) is 5. The third-order valence-electron chi connectivity index (χ3n) is 6.31. The van der Waals surface area contributed by atoms with Crippen molar-refractivity contribution in [3.63, 3.8) is 0 Å². The summed E-state index contributed by atoms with van der Waals surface area (Å²) in [7, 11) is 0. The predicted molar refractivity (Wildman–Crippen MR) is 113 cm³/mol. The molecule has 1 rings (SSSR count). The number of aliphatic hydroxyl groups excluding tert-OH is 1. The third kappa shape index (κ3) is 10.5. The van der Waals surface area contributed by atoms with E-state index in [-0.39, 0.29) is 12.8 Å². The maximum atomic E-state index is 10.1. The highest BCUT2D eigenvalue weighted by molar-refractivity contribution is 4.88. The Hall–Kier alpha value is -0.200. The Balaban J connectivity index is 2.42. The van der Waals surface area contributed by atoms with Crippen LogP contribution in [0.15, 0.2) is 0 Å². The van der Waals surface area contributed by atoms with Crippen molar-refractivity contribution in [2.75, 3.05) is 0 Å². The second-order valence-electron chi connectivity index (χ2n) is 8.96. The van der Waals surface area contributed by atoms with Gasteiger partial charge in [0.25, 0.3) is 0 Å². The molecule has 0 radical (unpaired) electrons. The maximum Gasteiger partial charge on any atom is 0.245 e. The zero-order chi connectivity index (χ0) is 20.7. The zero-order valence-corrected chi connectivity index (χ0v) is 18.0. The number of hydrogen-bond donors (Lipinski definition) is 5. The van der Waals surface area contributed by atoms with E-state index in [2.05, 4.69) is 0 Å². The lowest BCUT2D eigenvalue weighted by atomic mass is 9.91. The highest BCUT2D eigenvalue weighted by Gasteiger charge is 2.51. The van der Waals surface area contributed by atoms with Crippen molar-refractivity contribution < 1.29 is 25.5 Å². The van der Waals surface area contributed by atoms with Crippen LogP contribution in [0.3, 0.4) is 0 Å². The molecule has 1 unspecified atom stereocenters. The Labute approximate surface area is 172 Å². The molecule has 1 atom stereocenters. The molecule has 5 heteroatoms. The molecule has 0 bridgehead atoms. The summed E-state index contributed by atoms with van der Waals surface area (Å²) < 4.78 is 0. The van der Waals surface area contributed by atoms with Crippen molar-refractivity contribution in [3.05, 3.63) is 0 Å². The largest absolute Gasteiger partial charge is 0.387 e. The smallest absolute Gasteiger partial charge is 0.245 e. The fourth-order valence-electron chi connectivity index (χ4n) is 4.19. The van der Waals surface area contributed by atoms with Crippen LogP contribution in [0, 0.1) is 0 Å². The molecule has 0 aromatic heterocycles. The second kappa shape index (κ2) is 14.7. The molecule has 1 saturated carbocycles. The van der Waals surface area contributed by atoms with Crippen LogP contribution >= 0.6 is 0 Å². The van der Waals surface area contributed by atoms with Crippen LogP contribution in [-0.4, -0.2) is 43.2 Å². The topological polar surface area (TPSA) is 101 Å². The molecule has 0 spiro atoms. The number of aliphatic hydroxyl groups is 5. The fraction of sp³-hybridized carbons (Fsp3) is 1.00. The minimum absolute atomic E-state index is 0.142. The third-order valence-corrected chi connectivity index (χ3v) is 6.31. The first-order valence-electron chi connectivity index (χ1n) is 12.0. The van der Waals surface area contributed by atoms with E-state index in [9.17, 15) is 25.5 Å². The molecule has 0 aromatic carbocycles. The van der Waals surface area contributed by atoms with E-state index < -0.39 is 17.7 Å². The Morgan fingerprint density at radius 2 is 0.714 bits per heavy atom. The molecular formula is C23H46O5. The summed E-state index contributed by atoms with van der Waals surface area (Å²) in [6.07, 6.45) is 18.8. The first-order chi connectivity index (χ1) is 13.4. The lowest BCUT2D eigenvalue weighted by Gasteiger charge is -2.38. The summed E-state index contributed by atoms with van der Waals surface area (Å²) in [5, 5.41) is 50.6. The summed E-state index contributed by atoms with van der Waals surface area (Å²) in [4.78, 5) is 0. The van der Waals surface area contributed by atoms with Gasteiger partial charge in [0.1, 0.15) is 6.10 Å². The summed E-state index contributed by atoms with van der Waals surface area (Å²) in [5.41, 5.74) is 0. The standard InChI is InChI=1S/C23H46O5/c24-21-19-17-15-13-11-9-7-5-3-1-2-4-6-8-10-12-14-16-18-20-22(25,26)23(21,27)28/h21,24-28H,1-20H2. The van der Waals surface area contributed by atoms with Gasteiger partial charge < -0.3 is 25.5 Å². The van der Waals surface area contributed by atoms with Gasteiger partial charge in [-0.2, -0.15) is 0 Å². The molecule has 1 fully saturated rings. The Bertz CT molecular complexity index is 370. The van der Waals surface area contributed by atoms with Crippen LogP contribution in [0.25, 0.3) is 0 Å². The molecule has 5 N–H and O–H groups in total. The summed E-state index contributed by atoms with van der Waals surface area (Å²) in [5.74, 6) is -5.57. The molecule has 1 aliphatic carbocycles. The Morgan fingerprint density at radius 1 is 0.429 bits per heavy atom. The minimum Gasteiger partial charge on any atom is -0.387 e. The van der Waals surface area contributed by atoms with E-state index in [4.69, 9.17) is 0 Å². The predicted octanol–water partition coefficient (Wildman–Crippen LogP) is 4.52. The maximum absolute atomic E-state index is 10.1. The average Bonchev–Trinajstić information content (AvgIpc) is 2.65. The summed E-state index contributed by atoms with van der Waals surface area (Å²) in [6.45, 7) is 0. The van der Waals surface area contributed by atoms with Crippen LogP contribution in [0.1, 0.15) is 128 Å². The van der Waals surface area contributed by atoms with Gasteiger partial charge in [0.15, 0.2) is 0 Å².